The van der Waals surface area contributed by atoms with Crippen molar-refractivity contribution in [3.63, 3.8) is 0 Å². The van der Waals surface area contributed by atoms with Gasteiger partial charge in [0.1, 0.15) is 0 Å². The van der Waals surface area contributed by atoms with Crippen LogP contribution in [0.5, 0.6) is 0 Å². The van der Waals surface area contributed by atoms with Gasteiger partial charge in [0.2, 0.25) is 0 Å². The molecule has 1 heterocycles. The van der Waals surface area contributed by atoms with E-state index in [1.165, 1.54) is 13.2 Å². The quantitative estimate of drug-likeness (QED) is 0.796. The summed E-state index contributed by atoms with van der Waals surface area (Å²) >= 11 is 0. The number of carbonyl (C=O) groups is 1. The zero-order valence-corrected chi connectivity index (χ0v) is 12.8. The lowest BCUT2D eigenvalue weighted by Gasteiger charge is -2.22. The van der Waals surface area contributed by atoms with Gasteiger partial charge in [-0.05, 0) is 37.5 Å². The molecule has 0 N–H and O–H groups in total. The Balaban J connectivity index is 2.62. The highest BCUT2D eigenvalue weighted by molar-refractivity contribution is 7.90. The third-order valence-electron chi connectivity index (χ3n) is 3.56. The maximum Gasteiger partial charge on any atom is 0.338 e. The molecule has 1 aliphatic heterocycles. The summed E-state index contributed by atoms with van der Waals surface area (Å²) in [6.07, 6.45) is 3.28. The highest BCUT2D eigenvalue weighted by Crippen LogP contribution is 2.31. The number of carbonyl (C=O) groups excluding carboxylic acids is 1. The zero-order chi connectivity index (χ0) is 14.9. The van der Waals surface area contributed by atoms with Crippen LogP contribution < -0.4 is 4.90 Å². The van der Waals surface area contributed by atoms with Gasteiger partial charge in [-0.15, -0.1) is 0 Å². The van der Waals surface area contributed by atoms with Gasteiger partial charge in [-0.1, -0.05) is 0 Å². The topological polar surface area (TPSA) is 63.7 Å². The van der Waals surface area contributed by atoms with Crippen LogP contribution in [0.1, 0.15) is 28.8 Å². The van der Waals surface area contributed by atoms with Crippen LogP contribution in [0.25, 0.3) is 0 Å². The third-order valence-corrected chi connectivity index (χ3v) is 4.68. The van der Waals surface area contributed by atoms with Crippen molar-refractivity contribution in [1.29, 1.82) is 0 Å². The van der Waals surface area contributed by atoms with E-state index in [1.54, 1.807) is 13.0 Å². The second kappa shape index (κ2) is 5.44. The Morgan fingerprint density at radius 2 is 1.85 bits per heavy atom. The summed E-state index contributed by atoms with van der Waals surface area (Å²) < 4.78 is 28.7. The summed E-state index contributed by atoms with van der Waals surface area (Å²) in [4.78, 5) is 14.0. The van der Waals surface area contributed by atoms with Gasteiger partial charge in [0.15, 0.2) is 9.84 Å². The van der Waals surface area contributed by atoms with Crippen molar-refractivity contribution in [3.05, 3.63) is 23.3 Å². The molecular weight excluding hydrogens is 278 g/mol. The molecule has 20 heavy (non-hydrogen) atoms. The van der Waals surface area contributed by atoms with Crippen molar-refractivity contribution in [2.75, 3.05) is 31.4 Å². The lowest BCUT2D eigenvalue weighted by molar-refractivity contribution is 0.0599. The molecule has 6 heteroatoms. The SMILES string of the molecule is COC(=O)c1cc(S(C)(=O)=O)c(N2CCCC2)cc1C. The highest BCUT2D eigenvalue weighted by Gasteiger charge is 2.24. The minimum absolute atomic E-state index is 0.199. The summed E-state index contributed by atoms with van der Waals surface area (Å²) in [5.41, 5.74) is 1.72. The molecule has 1 aromatic carbocycles. The van der Waals surface area contributed by atoms with E-state index in [1.807, 2.05) is 0 Å². The fourth-order valence-electron chi connectivity index (χ4n) is 2.50. The van der Waals surface area contributed by atoms with Crippen LogP contribution >= 0.6 is 0 Å². The summed E-state index contributed by atoms with van der Waals surface area (Å²) in [7, 11) is -2.11. The summed E-state index contributed by atoms with van der Waals surface area (Å²) in [5, 5.41) is 0. The average Bonchev–Trinajstić information content (AvgIpc) is 2.89. The first kappa shape index (κ1) is 14.8. The molecular formula is C14H19NO4S. The van der Waals surface area contributed by atoms with Crippen molar-refractivity contribution in [2.45, 2.75) is 24.7 Å². The van der Waals surface area contributed by atoms with Crippen molar-refractivity contribution in [3.8, 4) is 0 Å². The molecule has 0 radical (unpaired) electrons. The number of ether oxygens (including phenoxy) is 1. The van der Waals surface area contributed by atoms with Crippen molar-refractivity contribution in [1.82, 2.24) is 0 Å². The van der Waals surface area contributed by atoms with Crippen LogP contribution in [0.15, 0.2) is 17.0 Å². The third kappa shape index (κ3) is 2.80. The van der Waals surface area contributed by atoms with Gasteiger partial charge in [0.25, 0.3) is 0 Å². The van der Waals surface area contributed by atoms with Crippen LogP contribution in [0.2, 0.25) is 0 Å². The second-order valence-electron chi connectivity index (χ2n) is 5.09. The summed E-state index contributed by atoms with van der Waals surface area (Å²) in [6, 6.07) is 3.21. The molecule has 0 saturated carbocycles. The van der Waals surface area contributed by atoms with Gasteiger partial charge < -0.3 is 9.64 Å². The molecule has 1 saturated heterocycles. The van der Waals surface area contributed by atoms with Crippen molar-refractivity contribution < 1.29 is 17.9 Å². The van der Waals surface area contributed by atoms with Crippen molar-refractivity contribution >= 4 is 21.5 Å². The maximum absolute atomic E-state index is 12.0. The van der Waals surface area contributed by atoms with E-state index in [4.69, 9.17) is 4.74 Å². The molecule has 0 aromatic heterocycles. The van der Waals surface area contributed by atoms with E-state index in [0.29, 0.717) is 11.3 Å². The molecule has 1 aliphatic rings. The molecule has 1 aromatic rings. The monoisotopic (exact) mass is 297 g/mol. The van der Waals surface area contributed by atoms with Gasteiger partial charge >= 0.3 is 5.97 Å². The van der Waals surface area contributed by atoms with Gasteiger partial charge in [-0.3, -0.25) is 0 Å². The number of anilines is 1. The highest BCUT2D eigenvalue weighted by atomic mass is 32.2. The van der Waals surface area contributed by atoms with E-state index in [-0.39, 0.29) is 4.90 Å². The fourth-order valence-corrected chi connectivity index (χ4v) is 3.40. The van der Waals surface area contributed by atoms with Gasteiger partial charge in [-0.2, -0.15) is 0 Å². The van der Waals surface area contributed by atoms with Crippen LogP contribution in [-0.2, 0) is 14.6 Å². The van der Waals surface area contributed by atoms with Crippen LogP contribution in [-0.4, -0.2) is 40.8 Å². The lowest BCUT2D eigenvalue weighted by atomic mass is 10.1. The molecule has 0 aliphatic carbocycles. The minimum Gasteiger partial charge on any atom is -0.465 e. The Morgan fingerprint density at radius 3 is 2.35 bits per heavy atom. The Kier molecular flexibility index (Phi) is 4.04. The average molecular weight is 297 g/mol. The zero-order valence-electron chi connectivity index (χ0n) is 12.0. The Hall–Kier alpha value is -1.56. The number of sulfone groups is 1. The van der Waals surface area contributed by atoms with E-state index in [9.17, 15) is 13.2 Å². The van der Waals surface area contributed by atoms with Crippen LogP contribution in [0, 0.1) is 6.92 Å². The summed E-state index contributed by atoms with van der Waals surface area (Å²) in [5.74, 6) is -0.514. The van der Waals surface area contributed by atoms with E-state index < -0.39 is 15.8 Å². The van der Waals surface area contributed by atoms with Crippen LogP contribution in [0.4, 0.5) is 5.69 Å². The summed E-state index contributed by atoms with van der Waals surface area (Å²) in [6.45, 7) is 3.48. The van der Waals surface area contributed by atoms with Gasteiger partial charge in [0, 0.05) is 19.3 Å². The molecule has 1 fully saturated rings. The number of esters is 1. The molecule has 0 spiro atoms. The maximum atomic E-state index is 12.0. The molecule has 0 atom stereocenters. The number of aryl methyl sites for hydroxylation is 1. The molecule has 110 valence electrons. The Bertz CT molecular complexity index is 631. The predicted molar refractivity (Wildman–Crippen MR) is 77.1 cm³/mol. The normalized spacial score (nSPS) is 15.4. The van der Waals surface area contributed by atoms with Gasteiger partial charge in [-0.25, -0.2) is 13.2 Å². The van der Waals surface area contributed by atoms with E-state index in [2.05, 4.69) is 4.90 Å². The molecule has 0 bridgehead atoms. The predicted octanol–water partition coefficient (Wildman–Crippen LogP) is 1.79. The van der Waals surface area contributed by atoms with Crippen molar-refractivity contribution in [2.24, 2.45) is 0 Å². The molecule has 0 unspecified atom stereocenters. The standard InChI is InChI=1S/C14H19NO4S/c1-10-8-12(15-6-4-5-7-15)13(20(3,17)18)9-11(10)14(16)19-2/h8-9H,4-7H2,1-3H3. The number of hydrogen-bond donors (Lipinski definition) is 0. The smallest absolute Gasteiger partial charge is 0.338 e. The van der Waals surface area contributed by atoms with Crippen LogP contribution in [0.3, 0.4) is 0 Å². The Morgan fingerprint density at radius 1 is 1.25 bits per heavy atom. The minimum atomic E-state index is -3.40. The van der Waals surface area contributed by atoms with E-state index in [0.717, 1.165) is 37.8 Å². The fraction of sp³-hybridized carbons (Fsp3) is 0.500. The lowest BCUT2D eigenvalue weighted by Crippen LogP contribution is -2.21. The Labute approximate surface area is 119 Å². The molecule has 0 amide bonds. The number of nitrogens with zero attached hydrogens (tertiary/aromatic N) is 1. The first-order valence-electron chi connectivity index (χ1n) is 6.52. The number of hydrogen-bond acceptors (Lipinski definition) is 5. The van der Waals surface area contributed by atoms with E-state index >= 15 is 0 Å². The van der Waals surface area contributed by atoms with Gasteiger partial charge in [0.05, 0.1) is 23.3 Å². The number of methoxy groups -OCH3 is 1. The first-order chi connectivity index (χ1) is 9.34. The second-order valence-corrected chi connectivity index (χ2v) is 7.08. The number of rotatable bonds is 3. The first-order valence-corrected chi connectivity index (χ1v) is 8.41. The largest absolute Gasteiger partial charge is 0.465 e. The molecule has 5 nitrogen and oxygen atoms in total. The number of benzene rings is 1. The molecule has 2 rings (SSSR count).